The van der Waals surface area contributed by atoms with Gasteiger partial charge in [0.25, 0.3) is 0 Å². The number of piperidine rings is 1. The van der Waals surface area contributed by atoms with Crippen molar-refractivity contribution in [3.8, 4) is 0 Å². The summed E-state index contributed by atoms with van der Waals surface area (Å²) in [4.78, 5) is 20.5. The smallest absolute Gasteiger partial charge is 0.225 e. The number of hydrogen-bond donors (Lipinski definition) is 3. The van der Waals surface area contributed by atoms with Crippen LogP contribution in [0.15, 0.2) is 36.7 Å². The first-order chi connectivity index (χ1) is 13.8. The van der Waals surface area contributed by atoms with E-state index < -0.39 is 0 Å². The van der Waals surface area contributed by atoms with Crippen molar-refractivity contribution in [1.29, 1.82) is 0 Å². The molecule has 146 valence electrons. The molecule has 1 aliphatic heterocycles. The fourth-order valence-corrected chi connectivity index (χ4v) is 3.42. The molecule has 0 amide bonds. The Hall–Kier alpha value is -3.00. The zero-order chi connectivity index (χ0) is 19.2. The molecule has 1 aliphatic rings. The molecule has 0 radical (unpaired) electrons. The summed E-state index contributed by atoms with van der Waals surface area (Å²) in [5, 5.41) is 15.6. The van der Waals surface area contributed by atoms with Crippen molar-refractivity contribution in [3.05, 3.63) is 42.2 Å². The third-order valence-electron chi connectivity index (χ3n) is 4.82. The van der Waals surface area contributed by atoms with Gasteiger partial charge in [0.15, 0.2) is 11.6 Å². The van der Waals surface area contributed by atoms with Crippen LogP contribution in [0.1, 0.15) is 24.8 Å². The van der Waals surface area contributed by atoms with Crippen LogP contribution in [0, 0.1) is 0 Å². The molecule has 1 saturated heterocycles. The Balaban J connectivity index is 1.71. The highest BCUT2D eigenvalue weighted by molar-refractivity contribution is 5.93. The number of rotatable bonds is 7. The van der Waals surface area contributed by atoms with Gasteiger partial charge in [-0.15, -0.1) is 0 Å². The van der Waals surface area contributed by atoms with Gasteiger partial charge in [0.2, 0.25) is 5.95 Å². The summed E-state index contributed by atoms with van der Waals surface area (Å²) in [6.07, 6.45) is 5.10. The van der Waals surface area contributed by atoms with Crippen LogP contribution < -0.4 is 15.5 Å². The van der Waals surface area contributed by atoms with Gasteiger partial charge in [-0.1, -0.05) is 30.3 Å². The third kappa shape index (κ3) is 4.12. The lowest BCUT2D eigenvalue weighted by atomic mass is 10.1. The molecule has 0 spiro atoms. The quantitative estimate of drug-likeness (QED) is 0.576. The minimum atomic E-state index is 0.0187. The molecule has 0 unspecified atom stereocenters. The van der Waals surface area contributed by atoms with E-state index in [4.69, 9.17) is 10.1 Å². The van der Waals surface area contributed by atoms with Crippen molar-refractivity contribution in [2.75, 3.05) is 41.8 Å². The molecule has 0 atom stereocenters. The molecule has 0 aliphatic carbocycles. The van der Waals surface area contributed by atoms with Gasteiger partial charge in [-0.25, -0.2) is 15.0 Å². The third-order valence-corrected chi connectivity index (χ3v) is 4.82. The predicted octanol–water partition coefficient (Wildman–Crippen LogP) is 2.43. The summed E-state index contributed by atoms with van der Waals surface area (Å²) in [7, 11) is 0. The molecule has 8 nitrogen and oxygen atoms in total. The number of aliphatic hydroxyl groups is 1. The Morgan fingerprint density at radius 1 is 0.929 bits per heavy atom. The van der Waals surface area contributed by atoms with Crippen LogP contribution in [0.5, 0.6) is 0 Å². The summed E-state index contributed by atoms with van der Waals surface area (Å²) in [6, 6.07) is 10.2. The minimum Gasteiger partial charge on any atom is -0.395 e. The lowest BCUT2D eigenvalue weighted by Gasteiger charge is -2.28. The van der Waals surface area contributed by atoms with E-state index in [0.29, 0.717) is 30.4 Å². The second kappa shape index (κ2) is 8.79. The molecule has 8 heteroatoms. The summed E-state index contributed by atoms with van der Waals surface area (Å²) >= 11 is 0. The topological polar surface area (TPSA) is 99.1 Å². The first-order valence-corrected chi connectivity index (χ1v) is 9.75. The zero-order valence-electron chi connectivity index (χ0n) is 15.8. The summed E-state index contributed by atoms with van der Waals surface area (Å²) in [6.45, 7) is 2.98. The van der Waals surface area contributed by atoms with Gasteiger partial charge < -0.3 is 20.6 Å². The number of hydrogen-bond acceptors (Lipinski definition) is 8. The van der Waals surface area contributed by atoms with Crippen LogP contribution in [0.3, 0.4) is 0 Å². The van der Waals surface area contributed by atoms with Gasteiger partial charge in [-0.2, -0.15) is 4.98 Å². The molecule has 3 aromatic rings. The SMILES string of the molecule is OCCNc1nc(N2CCCCC2)c2ncnc(NCc3ccccc3)c2n1. The van der Waals surface area contributed by atoms with Crippen molar-refractivity contribution in [3.63, 3.8) is 0 Å². The second-order valence-electron chi connectivity index (χ2n) is 6.83. The molecular weight excluding hydrogens is 354 g/mol. The van der Waals surface area contributed by atoms with Gasteiger partial charge in [0.1, 0.15) is 17.4 Å². The van der Waals surface area contributed by atoms with Gasteiger partial charge in [0, 0.05) is 26.2 Å². The van der Waals surface area contributed by atoms with Gasteiger partial charge in [0.05, 0.1) is 6.61 Å². The van der Waals surface area contributed by atoms with Gasteiger partial charge in [-0.05, 0) is 24.8 Å². The largest absolute Gasteiger partial charge is 0.395 e. The van der Waals surface area contributed by atoms with E-state index >= 15 is 0 Å². The first-order valence-electron chi connectivity index (χ1n) is 9.75. The molecule has 4 rings (SSSR count). The Morgan fingerprint density at radius 2 is 1.75 bits per heavy atom. The molecule has 0 bridgehead atoms. The number of benzene rings is 1. The molecule has 1 aromatic carbocycles. The van der Waals surface area contributed by atoms with Crippen molar-refractivity contribution in [2.45, 2.75) is 25.8 Å². The maximum absolute atomic E-state index is 9.16. The maximum atomic E-state index is 9.16. The highest BCUT2D eigenvalue weighted by atomic mass is 16.3. The number of fused-ring (bicyclic) bond motifs is 1. The maximum Gasteiger partial charge on any atom is 0.225 e. The van der Waals surface area contributed by atoms with E-state index in [0.717, 1.165) is 37.3 Å². The summed E-state index contributed by atoms with van der Waals surface area (Å²) in [5.41, 5.74) is 2.61. The van der Waals surface area contributed by atoms with E-state index in [1.165, 1.54) is 12.0 Å². The lowest BCUT2D eigenvalue weighted by Crippen LogP contribution is -2.31. The van der Waals surface area contributed by atoms with Crippen LogP contribution >= 0.6 is 0 Å². The van der Waals surface area contributed by atoms with Crippen molar-refractivity contribution in [2.24, 2.45) is 0 Å². The average molecular weight is 379 g/mol. The summed E-state index contributed by atoms with van der Waals surface area (Å²) in [5.74, 6) is 2.00. The van der Waals surface area contributed by atoms with Gasteiger partial charge >= 0.3 is 0 Å². The monoisotopic (exact) mass is 379 g/mol. The van der Waals surface area contributed by atoms with E-state index in [2.05, 4.69) is 42.6 Å². The Morgan fingerprint density at radius 3 is 2.54 bits per heavy atom. The average Bonchev–Trinajstić information content (AvgIpc) is 2.77. The fraction of sp³-hybridized carbons (Fsp3) is 0.400. The number of nitrogens with one attached hydrogen (secondary N) is 2. The van der Waals surface area contributed by atoms with Gasteiger partial charge in [-0.3, -0.25) is 0 Å². The molecule has 3 heterocycles. The highest BCUT2D eigenvalue weighted by Gasteiger charge is 2.20. The number of aliphatic hydroxyl groups excluding tert-OH is 1. The van der Waals surface area contributed by atoms with Crippen LogP contribution in [0.25, 0.3) is 11.0 Å². The molecule has 28 heavy (non-hydrogen) atoms. The number of aromatic nitrogens is 4. The van der Waals surface area contributed by atoms with Crippen molar-refractivity contribution < 1.29 is 5.11 Å². The zero-order valence-corrected chi connectivity index (χ0v) is 15.8. The molecular formula is C20H25N7O. The number of nitrogens with zero attached hydrogens (tertiary/aromatic N) is 5. The van der Waals surface area contributed by atoms with Crippen molar-refractivity contribution in [1.82, 2.24) is 19.9 Å². The number of anilines is 3. The van der Waals surface area contributed by atoms with Crippen LogP contribution in [-0.2, 0) is 6.54 Å². The fourth-order valence-electron chi connectivity index (χ4n) is 3.42. The second-order valence-corrected chi connectivity index (χ2v) is 6.83. The van der Waals surface area contributed by atoms with Crippen molar-refractivity contribution >= 4 is 28.6 Å². The van der Waals surface area contributed by atoms with Crippen LogP contribution in [0.4, 0.5) is 17.6 Å². The van der Waals surface area contributed by atoms with E-state index in [9.17, 15) is 0 Å². The Labute approximate surface area is 164 Å². The Kier molecular flexibility index (Phi) is 5.77. The summed E-state index contributed by atoms with van der Waals surface area (Å²) < 4.78 is 0. The molecule has 1 fully saturated rings. The molecule has 2 aromatic heterocycles. The van der Waals surface area contributed by atoms with E-state index in [1.807, 2.05) is 18.2 Å². The first kappa shape index (κ1) is 18.4. The van der Waals surface area contributed by atoms with Crippen LogP contribution in [-0.4, -0.2) is 51.3 Å². The van der Waals surface area contributed by atoms with E-state index in [1.54, 1.807) is 6.33 Å². The standard InChI is InChI=1S/C20H25N7O/c28-12-9-21-20-25-16-17(19(26-20)27-10-5-2-6-11-27)23-14-24-18(16)22-13-15-7-3-1-4-8-15/h1,3-4,7-8,14,28H,2,5-6,9-13H2,(H,21,25,26)(H,22,23,24). The highest BCUT2D eigenvalue weighted by Crippen LogP contribution is 2.29. The molecule has 3 N–H and O–H groups in total. The van der Waals surface area contributed by atoms with Crippen LogP contribution in [0.2, 0.25) is 0 Å². The minimum absolute atomic E-state index is 0.0187. The Bertz CT molecular complexity index is 913. The predicted molar refractivity (Wildman–Crippen MR) is 111 cm³/mol. The normalized spacial score (nSPS) is 14.2. The molecule has 0 saturated carbocycles. The van der Waals surface area contributed by atoms with E-state index in [-0.39, 0.29) is 6.61 Å². The lowest BCUT2D eigenvalue weighted by molar-refractivity contribution is 0.311.